The molecule has 0 saturated carbocycles. The predicted molar refractivity (Wildman–Crippen MR) is 65.2 cm³/mol. The molecule has 1 aromatic rings. The Hall–Kier alpha value is -1.29. The number of para-hydroxylation sites is 1. The second-order valence-corrected chi connectivity index (χ2v) is 3.89. The fourth-order valence-corrected chi connectivity index (χ4v) is 1.45. The number of benzene rings is 1. The molecule has 16 heavy (non-hydrogen) atoms. The van der Waals surface area contributed by atoms with Crippen molar-refractivity contribution in [2.24, 2.45) is 0 Å². The van der Waals surface area contributed by atoms with Crippen molar-refractivity contribution in [3.8, 4) is 5.75 Å². The zero-order valence-electron chi connectivity index (χ0n) is 9.20. The van der Waals surface area contributed by atoms with E-state index in [1.54, 1.807) is 13.8 Å². The maximum atomic E-state index is 11.1. The van der Waals surface area contributed by atoms with E-state index in [-0.39, 0.29) is 0 Å². The molecule has 0 bridgehead atoms. The van der Waals surface area contributed by atoms with Crippen molar-refractivity contribution < 1.29 is 14.3 Å². The fraction of sp³-hybridized carbons (Fsp3) is 0.250. The highest BCUT2D eigenvalue weighted by Crippen LogP contribution is 2.25. The minimum Gasteiger partial charge on any atom is -0.463 e. The number of hydrogen-bond donors (Lipinski definition) is 0. The Kier molecular flexibility index (Phi) is 5.05. The lowest BCUT2D eigenvalue weighted by Crippen LogP contribution is -2.02. The van der Waals surface area contributed by atoms with Gasteiger partial charge in [0.1, 0.15) is 11.5 Å². The van der Waals surface area contributed by atoms with Gasteiger partial charge in [-0.1, -0.05) is 12.1 Å². The van der Waals surface area contributed by atoms with E-state index in [4.69, 9.17) is 9.47 Å². The van der Waals surface area contributed by atoms with Gasteiger partial charge in [0.25, 0.3) is 0 Å². The molecule has 0 heterocycles. The van der Waals surface area contributed by atoms with Crippen LogP contribution >= 0.6 is 15.9 Å². The summed E-state index contributed by atoms with van der Waals surface area (Å²) in [7, 11) is 0. The van der Waals surface area contributed by atoms with Gasteiger partial charge in [-0.05, 0) is 41.9 Å². The van der Waals surface area contributed by atoms with Gasteiger partial charge in [0.15, 0.2) is 0 Å². The Labute approximate surface area is 103 Å². The highest BCUT2D eigenvalue weighted by atomic mass is 79.9. The number of rotatable bonds is 4. The predicted octanol–water partition coefficient (Wildman–Crippen LogP) is 3.29. The first-order valence-corrected chi connectivity index (χ1v) is 5.70. The summed E-state index contributed by atoms with van der Waals surface area (Å²) in [5.41, 5.74) is 0. The van der Waals surface area contributed by atoms with Gasteiger partial charge in [0.2, 0.25) is 0 Å². The van der Waals surface area contributed by atoms with Crippen LogP contribution in [0.25, 0.3) is 0 Å². The van der Waals surface area contributed by atoms with Crippen molar-refractivity contribution in [1.29, 1.82) is 0 Å². The summed E-state index contributed by atoms with van der Waals surface area (Å²) in [4.78, 5) is 11.1. The van der Waals surface area contributed by atoms with E-state index < -0.39 is 5.97 Å². The first-order valence-electron chi connectivity index (χ1n) is 4.91. The van der Waals surface area contributed by atoms with Crippen LogP contribution in [-0.4, -0.2) is 12.6 Å². The van der Waals surface area contributed by atoms with E-state index in [0.29, 0.717) is 18.1 Å². The number of ether oxygens (including phenoxy) is 2. The molecule has 0 N–H and O–H groups in total. The molecule has 0 aliphatic heterocycles. The third-order valence-corrected chi connectivity index (χ3v) is 2.37. The normalized spacial score (nSPS) is 11.1. The van der Waals surface area contributed by atoms with E-state index >= 15 is 0 Å². The van der Waals surface area contributed by atoms with E-state index in [1.807, 2.05) is 24.3 Å². The van der Waals surface area contributed by atoms with Crippen LogP contribution in [0.3, 0.4) is 0 Å². The molecule has 0 radical (unpaired) electrons. The molecule has 0 aliphatic carbocycles. The van der Waals surface area contributed by atoms with Gasteiger partial charge < -0.3 is 9.47 Å². The molecular weight excluding hydrogens is 272 g/mol. The second kappa shape index (κ2) is 6.33. The van der Waals surface area contributed by atoms with Gasteiger partial charge >= 0.3 is 5.97 Å². The van der Waals surface area contributed by atoms with Gasteiger partial charge in [-0.25, -0.2) is 4.79 Å². The van der Waals surface area contributed by atoms with Crippen molar-refractivity contribution in [2.75, 3.05) is 6.61 Å². The van der Waals surface area contributed by atoms with Gasteiger partial charge in [-0.15, -0.1) is 0 Å². The first-order chi connectivity index (χ1) is 7.63. The molecule has 0 spiro atoms. The van der Waals surface area contributed by atoms with Gasteiger partial charge in [0.05, 0.1) is 17.2 Å². The number of esters is 1. The van der Waals surface area contributed by atoms with Crippen LogP contribution in [0.15, 0.2) is 40.6 Å². The average Bonchev–Trinajstić information content (AvgIpc) is 2.21. The van der Waals surface area contributed by atoms with E-state index in [1.165, 1.54) is 6.08 Å². The topological polar surface area (TPSA) is 35.5 Å². The Morgan fingerprint density at radius 3 is 2.75 bits per heavy atom. The lowest BCUT2D eigenvalue weighted by molar-refractivity contribution is -0.137. The largest absolute Gasteiger partial charge is 0.463 e. The Balaban J connectivity index is 2.67. The number of hydrogen-bond acceptors (Lipinski definition) is 3. The molecule has 3 nitrogen and oxygen atoms in total. The summed E-state index contributed by atoms with van der Waals surface area (Å²) < 4.78 is 11.1. The molecule has 0 unspecified atom stereocenters. The number of carbonyl (C=O) groups excluding carboxylic acids is 1. The summed E-state index contributed by atoms with van der Waals surface area (Å²) in [6.45, 7) is 3.82. The second-order valence-electron chi connectivity index (χ2n) is 3.04. The minimum atomic E-state index is -0.396. The van der Waals surface area contributed by atoms with Crippen LogP contribution in [0, 0.1) is 0 Å². The average molecular weight is 285 g/mol. The highest BCUT2D eigenvalue weighted by molar-refractivity contribution is 9.10. The Bertz CT molecular complexity index is 399. The van der Waals surface area contributed by atoms with Gasteiger partial charge in [-0.2, -0.15) is 0 Å². The van der Waals surface area contributed by atoms with Crippen molar-refractivity contribution >= 4 is 21.9 Å². The molecule has 4 heteroatoms. The standard InChI is InChI=1S/C12H13BrO3/c1-3-15-12(14)8-9(2)16-11-7-5-4-6-10(11)13/h4-8H,3H2,1-2H3/b9-8+. The van der Waals surface area contributed by atoms with E-state index in [9.17, 15) is 4.79 Å². The smallest absolute Gasteiger partial charge is 0.334 e. The lowest BCUT2D eigenvalue weighted by Gasteiger charge is -2.07. The molecule has 0 amide bonds. The molecule has 86 valence electrons. The molecule has 0 saturated heterocycles. The molecule has 1 aromatic carbocycles. The molecule has 0 fully saturated rings. The van der Waals surface area contributed by atoms with Crippen LogP contribution < -0.4 is 4.74 Å². The van der Waals surface area contributed by atoms with Gasteiger partial charge in [0, 0.05) is 0 Å². The van der Waals surface area contributed by atoms with E-state index in [0.717, 1.165) is 4.47 Å². The van der Waals surface area contributed by atoms with Crippen LogP contribution in [0.4, 0.5) is 0 Å². The van der Waals surface area contributed by atoms with Crippen molar-refractivity contribution in [3.63, 3.8) is 0 Å². The van der Waals surface area contributed by atoms with Crippen LogP contribution in [0.1, 0.15) is 13.8 Å². The van der Waals surface area contributed by atoms with Crippen LogP contribution in [0.5, 0.6) is 5.75 Å². The quantitative estimate of drug-likeness (QED) is 0.484. The molecule has 0 atom stereocenters. The summed E-state index contributed by atoms with van der Waals surface area (Å²) in [6, 6.07) is 7.43. The number of halogens is 1. The number of carbonyl (C=O) groups is 1. The third kappa shape index (κ3) is 4.06. The maximum Gasteiger partial charge on any atom is 0.334 e. The molecule has 0 aromatic heterocycles. The molecule has 1 rings (SSSR count). The zero-order valence-corrected chi connectivity index (χ0v) is 10.8. The van der Waals surface area contributed by atoms with Crippen molar-refractivity contribution in [3.05, 3.63) is 40.6 Å². The maximum absolute atomic E-state index is 11.1. The SMILES string of the molecule is CCOC(=O)/C=C(\C)Oc1ccccc1Br. The third-order valence-electron chi connectivity index (χ3n) is 1.72. The Morgan fingerprint density at radius 2 is 2.12 bits per heavy atom. The summed E-state index contributed by atoms with van der Waals surface area (Å²) in [5, 5.41) is 0. The molecular formula is C12H13BrO3. The monoisotopic (exact) mass is 284 g/mol. The van der Waals surface area contributed by atoms with Crippen molar-refractivity contribution in [2.45, 2.75) is 13.8 Å². The minimum absolute atomic E-state index is 0.359. The summed E-state index contributed by atoms with van der Waals surface area (Å²) in [5.74, 6) is 0.762. The highest BCUT2D eigenvalue weighted by Gasteiger charge is 2.03. The van der Waals surface area contributed by atoms with Crippen molar-refractivity contribution in [1.82, 2.24) is 0 Å². The first kappa shape index (κ1) is 12.8. The number of allylic oxidation sites excluding steroid dienone is 1. The fourth-order valence-electron chi connectivity index (χ4n) is 1.08. The Morgan fingerprint density at radius 1 is 1.44 bits per heavy atom. The lowest BCUT2D eigenvalue weighted by atomic mass is 10.3. The summed E-state index contributed by atoms with van der Waals surface area (Å²) in [6.07, 6.45) is 1.32. The van der Waals surface area contributed by atoms with E-state index in [2.05, 4.69) is 15.9 Å². The summed E-state index contributed by atoms with van der Waals surface area (Å²) >= 11 is 3.35. The molecule has 0 aliphatic rings. The van der Waals surface area contributed by atoms with Crippen LogP contribution in [0.2, 0.25) is 0 Å². The van der Waals surface area contributed by atoms with Gasteiger partial charge in [-0.3, -0.25) is 0 Å². The van der Waals surface area contributed by atoms with Crippen LogP contribution in [-0.2, 0) is 9.53 Å². The zero-order chi connectivity index (χ0) is 12.0.